The number of rotatable bonds is 5. The Morgan fingerprint density at radius 1 is 1.04 bits per heavy atom. The van der Waals surface area contributed by atoms with E-state index in [1.54, 1.807) is 42.6 Å². The van der Waals surface area contributed by atoms with Crippen LogP contribution in [0.1, 0.15) is 15.9 Å². The molecule has 4 nitrogen and oxygen atoms in total. The fourth-order valence-electron chi connectivity index (χ4n) is 2.19. The molecular weight excluding hydrogens is 320 g/mol. The largest absolute Gasteiger partial charge is 0.392 e. The minimum absolute atomic E-state index is 0.0638. The van der Waals surface area contributed by atoms with Crippen LogP contribution in [0.3, 0.4) is 0 Å². The Balaban J connectivity index is 1.82. The first-order chi connectivity index (χ1) is 11.8. The van der Waals surface area contributed by atoms with Gasteiger partial charge >= 0.3 is 0 Å². The van der Waals surface area contributed by atoms with Gasteiger partial charge in [0.25, 0.3) is 5.91 Å². The smallest absolute Gasteiger partial charge is 0.258 e. The Kier molecular flexibility index (Phi) is 5.25. The molecule has 0 spiro atoms. The number of carbonyl (C=O) groups is 1. The lowest BCUT2D eigenvalue weighted by molar-refractivity contribution is 0.102. The zero-order chi connectivity index (χ0) is 16.8. The SMILES string of the molecule is O=C(Nc1cccc(CO)c1)c1cccnc1Sc1ccccc1. The predicted octanol–water partition coefficient (Wildman–Crippen LogP) is 3.98. The minimum Gasteiger partial charge on any atom is -0.392 e. The van der Waals surface area contributed by atoms with E-state index in [1.807, 2.05) is 30.3 Å². The molecule has 24 heavy (non-hydrogen) atoms. The molecule has 2 aromatic carbocycles. The van der Waals surface area contributed by atoms with Gasteiger partial charge in [-0.2, -0.15) is 0 Å². The van der Waals surface area contributed by atoms with E-state index in [4.69, 9.17) is 0 Å². The number of aliphatic hydroxyl groups excluding tert-OH is 1. The molecule has 0 unspecified atom stereocenters. The lowest BCUT2D eigenvalue weighted by atomic mass is 10.2. The maximum Gasteiger partial charge on any atom is 0.258 e. The topological polar surface area (TPSA) is 62.2 Å². The monoisotopic (exact) mass is 336 g/mol. The molecule has 0 radical (unpaired) electrons. The molecule has 0 saturated heterocycles. The van der Waals surface area contributed by atoms with Crippen LogP contribution < -0.4 is 5.32 Å². The maximum atomic E-state index is 12.6. The summed E-state index contributed by atoms with van der Waals surface area (Å²) < 4.78 is 0. The molecule has 3 aromatic rings. The van der Waals surface area contributed by atoms with Crippen LogP contribution in [0.5, 0.6) is 0 Å². The second kappa shape index (κ2) is 7.77. The van der Waals surface area contributed by atoms with E-state index < -0.39 is 0 Å². The number of pyridine rings is 1. The Hall–Kier alpha value is -2.63. The summed E-state index contributed by atoms with van der Waals surface area (Å²) in [5.41, 5.74) is 1.91. The first-order valence-electron chi connectivity index (χ1n) is 7.45. The van der Waals surface area contributed by atoms with Crippen LogP contribution in [-0.2, 0) is 6.61 Å². The summed E-state index contributed by atoms with van der Waals surface area (Å²) in [6.45, 7) is -0.0638. The van der Waals surface area contributed by atoms with Crippen molar-refractivity contribution < 1.29 is 9.90 Å². The summed E-state index contributed by atoms with van der Waals surface area (Å²) >= 11 is 1.45. The molecule has 0 aliphatic rings. The van der Waals surface area contributed by atoms with Crippen molar-refractivity contribution in [3.63, 3.8) is 0 Å². The molecule has 0 aliphatic carbocycles. The summed E-state index contributed by atoms with van der Waals surface area (Å²) in [5, 5.41) is 12.7. The zero-order valence-corrected chi connectivity index (χ0v) is 13.7. The van der Waals surface area contributed by atoms with Gasteiger partial charge in [-0.1, -0.05) is 42.1 Å². The molecule has 1 amide bonds. The molecule has 0 saturated carbocycles. The van der Waals surface area contributed by atoms with Gasteiger partial charge in [0.2, 0.25) is 0 Å². The molecule has 120 valence electrons. The van der Waals surface area contributed by atoms with Gasteiger partial charge in [-0.15, -0.1) is 0 Å². The van der Waals surface area contributed by atoms with Crippen LogP contribution in [0.25, 0.3) is 0 Å². The van der Waals surface area contributed by atoms with Crippen LogP contribution in [-0.4, -0.2) is 16.0 Å². The molecule has 0 aliphatic heterocycles. The van der Waals surface area contributed by atoms with Gasteiger partial charge < -0.3 is 10.4 Å². The van der Waals surface area contributed by atoms with Crippen LogP contribution in [0.4, 0.5) is 5.69 Å². The second-order valence-electron chi connectivity index (χ2n) is 5.08. The molecular formula is C19H16N2O2S. The number of benzene rings is 2. The maximum absolute atomic E-state index is 12.6. The van der Waals surface area contributed by atoms with Gasteiger partial charge in [0.15, 0.2) is 0 Å². The number of anilines is 1. The lowest BCUT2D eigenvalue weighted by Crippen LogP contribution is -2.13. The van der Waals surface area contributed by atoms with Crippen molar-refractivity contribution in [2.75, 3.05) is 5.32 Å². The van der Waals surface area contributed by atoms with E-state index in [9.17, 15) is 9.90 Å². The average molecular weight is 336 g/mol. The Morgan fingerprint density at radius 3 is 2.67 bits per heavy atom. The fraction of sp³-hybridized carbons (Fsp3) is 0.0526. The number of hydrogen-bond acceptors (Lipinski definition) is 4. The van der Waals surface area contributed by atoms with Crippen LogP contribution in [0.15, 0.2) is 82.8 Å². The number of carbonyl (C=O) groups excluding carboxylic acids is 1. The molecule has 0 fully saturated rings. The van der Waals surface area contributed by atoms with Crippen molar-refractivity contribution in [2.45, 2.75) is 16.5 Å². The summed E-state index contributed by atoms with van der Waals surface area (Å²) in [5.74, 6) is -0.225. The minimum atomic E-state index is -0.225. The van der Waals surface area contributed by atoms with Gasteiger partial charge in [0, 0.05) is 16.8 Å². The van der Waals surface area contributed by atoms with E-state index in [-0.39, 0.29) is 12.5 Å². The Morgan fingerprint density at radius 2 is 1.88 bits per heavy atom. The van der Waals surface area contributed by atoms with E-state index >= 15 is 0 Å². The van der Waals surface area contributed by atoms with Gasteiger partial charge in [-0.3, -0.25) is 4.79 Å². The number of aliphatic hydroxyl groups is 1. The zero-order valence-electron chi connectivity index (χ0n) is 12.8. The second-order valence-corrected chi connectivity index (χ2v) is 6.15. The summed E-state index contributed by atoms with van der Waals surface area (Å²) in [6, 6.07) is 20.4. The van der Waals surface area contributed by atoms with Crippen molar-refractivity contribution in [1.82, 2.24) is 4.98 Å². The van der Waals surface area contributed by atoms with Crippen molar-refractivity contribution in [1.29, 1.82) is 0 Å². The van der Waals surface area contributed by atoms with E-state index in [0.717, 1.165) is 10.5 Å². The molecule has 2 N–H and O–H groups in total. The highest BCUT2D eigenvalue weighted by Gasteiger charge is 2.13. The van der Waals surface area contributed by atoms with Gasteiger partial charge in [-0.05, 0) is 42.0 Å². The highest BCUT2D eigenvalue weighted by Crippen LogP contribution is 2.28. The van der Waals surface area contributed by atoms with Gasteiger partial charge in [0.05, 0.1) is 12.2 Å². The highest BCUT2D eigenvalue weighted by molar-refractivity contribution is 7.99. The summed E-state index contributed by atoms with van der Waals surface area (Å²) in [7, 11) is 0. The number of nitrogens with one attached hydrogen (secondary N) is 1. The van der Waals surface area contributed by atoms with E-state index in [2.05, 4.69) is 10.3 Å². The third kappa shape index (κ3) is 4.01. The summed E-state index contributed by atoms with van der Waals surface area (Å²) in [6.07, 6.45) is 1.68. The molecule has 1 heterocycles. The molecule has 3 rings (SSSR count). The van der Waals surface area contributed by atoms with Crippen molar-refractivity contribution in [3.05, 3.63) is 84.1 Å². The third-order valence-corrected chi connectivity index (χ3v) is 4.37. The van der Waals surface area contributed by atoms with Crippen LogP contribution in [0.2, 0.25) is 0 Å². The standard InChI is InChI=1S/C19H16N2O2S/c22-13-14-6-4-7-15(12-14)21-18(23)17-10-5-11-20-19(17)24-16-8-2-1-3-9-16/h1-12,22H,13H2,(H,21,23). The normalized spacial score (nSPS) is 10.4. The number of nitrogens with zero attached hydrogens (tertiary/aromatic N) is 1. The van der Waals surface area contributed by atoms with Crippen molar-refractivity contribution in [2.24, 2.45) is 0 Å². The number of aromatic nitrogens is 1. The molecule has 5 heteroatoms. The molecule has 1 aromatic heterocycles. The lowest BCUT2D eigenvalue weighted by Gasteiger charge is -2.10. The highest BCUT2D eigenvalue weighted by atomic mass is 32.2. The number of hydrogen-bond donors (Lipinski definition) is 2. The van der Waals surface area contributed by atoms with Gasteiger partial charge in [0.1, 0.15) is 5.03 Å². The summed E-state index contributed by atoms with van der Waals surface area (Å²) in [4.78, 5) is 18.0. The third-order valence-electron chi connectivity index (χ3n) is 3.34. The van der Waals surface area contributed by atoms with Gasteiger partial charge in [-0.25, -0.2) is 4.98 Å². The van der Waals surface area contributed by atoms with E-state index in [1.165, 1.54) is 11.8 Å². The first-order valence-corrected chi connectivity index (χ1v) is 8.27. The predicted molar refractivity (Wildman–Crippen MR) is 95.1 cm³/mol. The molecule has 0 bridgehead atoms. The molecule has 0 atom stereocenters. The van der Waals surface area contributed by atoms with Crippen LogP contribution >= 0.6 is 11.8 Å². The van der Waals surface area contributed by atoms with Crippen LogP contribution in [0, 0.1) is 0 Å². The van der Waals surface area contributed by atoms with Crippen molar-refractivity contribution in [3.8, 4) is 0 Å². The Bertz CT molecular complexity index is 838. The van der Waals surface area contributed by atoms with E-state index in [0.29, 0.717) is 16.3 Å². The van der Waals surface area contributed by atoms with Crippen molar-refractivity contribution >= 4 is 23.4 Å². The fourth-order valence-corrected chi connectivity index (χ4v) is 3.09. The average Bonchev–Trinajstić information content (AvgIpc) is 2.63. The Labute approximate surface area is 144 Å². The first kappa shape index (κ1) is 16.2. The quantitative estimate of drug-likeness (QED) is 0.740. The number of amides is 1.